The van der Waals surface area contributed by atoms with E-state index >= 15 is 0 Å². The maximum absolute atomic E-state index is 13.0. The van der Waals surface area contributed by atoms with Gasteiger partial charge in [-0.2, -0.15) is 0 Å². The molecule has 0 aliphatic carbocycles. The molecule has 7 unspecified atom stereocenters. The van der Waals surface area contributed by atoms with Crippen molar-refractivity contribution in [2.24, 2.45) is 0 Å². The molecular formula is C59H107NO10. The van der Waals surface area contributed by atoms with E-state index in [0.717, 1.165) is 103 Å². The van der Waals surface area contributed by atoms with Crippen LogP contribution in [0.1, 0.15) is 251 Å². The average molecular weight is 991 g/mol. The molecule has 0 bridgehead atoms. The Morgan fingerprint density at radius 1 is 0.529 bits per heavy atom. The molecule has 1 saturated heterocycles. The van der Waals surface area contributed by atoms with Crippen molar-refractivity contribution < 1.29 is 49.3 Å². The molecule has 1 amide bonds. The van der Waals surface area contributed by atoms with E-state index in [1.165, 1.54) is 122 Å². The number of hydrogen-bond acceptors (Lipinski definition) is 10. The van der Waals surface area contributed by atoms with Gasteiger partial charge >= 0.3 is 5.97 Å². The van der Waals surface area contributed by atoms with Gasteiger partial charge in [0.2, 0.25) is 5.91 Å². The Bertz CT molecular complexity index is 1300. The van der Waals surface area contributed by atoms with Crippen LogP contribution in [0.25, 0.3) is 0 Å². The standard InChI is InChI=1S/C59H107NO10/c1-3-5-7-9-11-13-14-15-16-17-18-21-24-27-31-35-39-43-47-55(64)68-48-44-40-36-32-28-25-22-19-20-23-26-30-34-38-42-46-54(63)60-51(52(62)45-41-37-33-29-12-10-8-6-4-2)50-69-59-58(67)57(66)56(65)53(49-61)70-59/h16-17,19,22,25,28,41,45,51-53,56-59,61-62,65-67H,3-15,18,20-21,23-24,26-27,29-40,42-44,46-50H2,1-2H3,(H,60,63)/b17-16-,22-19-,28-25-,45-41+. The number of esters is 1. The van der Waals surface area contributed by atoms with Gasteiger partial charge in [-0.15, -0.1) is 0 Å². The Morgan fingerprint density at radius 3 is 1.46 bits per heavy atom. The largest absolute Gasteiger partial charge is 0.466 e. The molecular weight excluding hydrogens is 883 g/mol. The van der Waals surface area contributed by atoms with E-state index in [1.54, 1.807) is 6.08 Å². The van der Waals surface area contributed by atoms with Crippen molar-refractivity contribution >= 4 is 11.9 Å². The average Bonchev–Trinajstić information content (AvgIpc) is 3.36. The smallest absolute Gasteiger partial charge is 0.305 e. The summed E-state index contributed by atoms with van der Waals surface area (Å²) in [6.45, 7) is 4.23. The highest BCUT2D eigenvalue weighted by Crippen LogP contribution is 2.23. The molecule has 0 spiro atoms. The van der Waals surface area contributed by atoms with Gasteiger partial charge in [0.15, 0.2) is 6.29 Å². The molecule has 0 aromatic rings. The number of amides is 1. The van der Waals surface area contributed by atoms with Gasteiger partial charge in [0.05, 0.1) is 32.0 Å². The van der Waals surface area contributed by atoms with Crippen molar-refractivity contribution in [3.05, 3.63) is 48.6 Å². The van der Waals surface area contributed by atoms with E-state index < -0.39 is 49.5 Å². The van der Waals surface area contributed by atoms with Gasteiger partial charge in [0, 0.05) is 12.8 Å². The van der Waals surface area contributed by atoms with Gasteiger partial charge < -0.3 is 45.1 Å². The number of hydrogen-bond donors (Lipinski definition) is 6. The molecule has 408 valence electrons. The summed E-state index contributed by atoms with van der Waals surface area (Å²) in [6, 6.07) is -0.826. The molecule has 0 saturated carbocycles. The molecule has 1 aliphatic rings. The Morgan fingerprint density at radius 2 is 0.957 bits per heavy atom. The Kier molecular flexibility index (Phi) is 45.8. The second-order valence-corrected chi connectivity index (χ2v) is 20.0. The fraction of sp³-hybridized carbons (Fsp3) is 0.831. The van der Waals surface area contributed by atoms with Gasteiger partial charge in [-0.3, -0.25) is 9.59 Å². The van der Waals surface area contributed by atoms with Crippen molar-refractivity contribution in [3.8, 4) is 0 Å². The van der Waals surface area contributed by atoms with E-state index in [0.29, 0.717) is 19.4 Å². The predicted octanol–water partition coefficient (Wildman–Crippen LogP) is 12.9. The summed E-state index contributed by atoms with van der Waals surface area (Å²) >= 11 is 0. The van der Waals surface area contributed by atoms with Crippen LogP contribution in [0.3, 0.4) is 0 Å². The number of allylic oxidation sites excluding steroid dienone is 7. The number of rotatable bonds is 49. The fourth-order valence-corrected chi connectivity index (χ4v) is 8.77. The van der Waals surface area contributed by atoms with Crippen LogP contribution >= 0.6 is 0 Å². The molecule has 6 N–H and O–H groups in total. The first-order chi connectivity index (χ1) is 34.2. The van der Waals surface area contributed by atoms with E-state index in [1.807, 2.05) is 6.08 Å². The van der Waals surface area contributed by atoms with Gasteiger partial charge in [0.1, 0.15) is 24.4 Å². The topological polar surface area (TPSA) is 175 Å². The van der Waals surface area contributed by atoms with Gasteiger partial charge in [-0.25, -0.2) is 0 Å². The number of ether oxygens (including phenoxy) is 3. The molecule has 70 heavy (non-hydrogen) atoms. The molecule has 11 heteroatoms. The van der Waals surface area contributed by atoms with Crippen LogP contribution in [-0.4, -0.2) is 100 Å². The lowest BCUT2D eigenvalue weighted by Gasteiger charge is -2.40. The number of carbonyl (C=O) groups excluding carboxylic acids is 2. The van der Waals surface area contributed by atoms with Crippen LogP contribution in [0.15, 0.2) is 48.6 Å². The number of aliphatic hydroxyl groups is 5. The first kappa shape index (κ1) is 65.6. The quantitative estimate of drug-likeness (QED) is 0.0149. The van der Waals surface area contributed by atoms with Crippen LogP contribution in [0, 0.1) is 0 Å². The highest BCUT2D eigenvalue weighted by Gasteiger charge is 2.44. The normalized spacial score (nSPS) is 19.6. The first-order valence-electron chi connectivity index (χ1n) is 28.9. The zero-order valence-electron chi connectivity index (χ0n) is 44.7. The molecule has 0 radical (unpaired) electrons. The zero-order chi connectivity index (χ0) is 51.0. The molecule has 7 atom stereocenters. The van der Waals surface area contributed by atoms with Gasteiger partial charge in [-0.1, -0.05) is 197 Å². The molecule has 1 heterocycles. The van der Waals surface area contributed by atoms with E-state index in [9.17, 15) is 35.1 Å². The van der Waals surface area contributed by atoms with Crippen LogP contribution in [0.4, 0.5) is 0 Å². The third-order valence-electron chi connectivity index (χ3n) is 13.4. The molecule has 1 fully saturated rings. The van der Waals surface area contributed by atoms with Crippen LogP contribution in [0.2, 0.25) is 0 Å². The lowest BCUT2D eigenvalue weighted by molar-refractivity contribution is -0.302. The minimum Gasteiger partial charge on any atom is -0.466 e. The van der Waals surface area contributed by atoms with Crippen molar-refractivity contribution in [2.75, 3.05) is 19.8 Å². The summed E-state index contributed by atoms with van der Waals surface area (Å²) in [5.41, 5.74) is 0. The highest BCUT2D eigenvalue weighted by molar-refractivity contribution is 5.76. The summed E-state index contributed by atoms with van der Waals surface area (Å²) in [5, 5.41) is 54.1. The lowest BCUT2D eigenvalue weighted by atomic mass is 9.99. The lowest BCUT2D eigenvalue weighted by Crippen LogP contribution is -2.60. The van der Waals surface area contributed by atoms with E-state index in [-0.39, 0.29) is 18.5 Å². The van der Waals surface area contributed by atoms with E-state index in [4.69, 9.17) is 14.2 Å². The Hall–Kier alpha value is -2.38. The molecule has 0 aromatic carbocycles. The predicted molar refractivity (Wildman–Crippen MR) is 287 cm³/mol. The maximum atomic E-state index is 13.0. The van der Waals surface area contributed by atoms with Crippen LogP contribution < -0.4 is 5.32 Å². The van der Waals surface area contributed by atoms with Crippen LogP contribution in [-0.2, 0) is 23.8 Å². The monoisotopic (exact) mass is 990 g/mol. The second-order valence-electron chi connectivity index (χ2n) is 20.0. The van der Waals surface area contributed by atoms with Crippen LogP contribution in [0.5, 0.6) is 0 Å². The number of nitrogens with one attached hydrogen (secondary N) is 1. The fourth-order valence-electron chi connectivity index (χ4n) is 8.77. The maximum Gasteiger partial charge on any atom is 0.305 e. The molecule has 11 nitrogen and oxygen atoms in total. The third kappa shape index (κ3) is 38.3. The highest BCUT2D eigenvalue weighted by atomic mass is 16.7. The Labute approximate surface area is 427 Å². The summed E-state index contributed by atoms with van der Waals surface area (Å²) < 4.78 is 16.6. The first-order valence-corrected chi connectivity index (χ1v) is 28.9. The number of unbranched alkanes of at least 4 members (excludes halogenated alkanes) is 30. The summed E-state index contributed by atoms with van der Waals surface area (Å²) in [6.07, 6.45) is 50.7. The van der Waals surface area contributed by atoms with Gasteiger partial charge in [0.25, 0.3) is 0 Å². The Balaban J connectivity index is 2.09. The summed E-state index contributed by atoms with van der Waals surface area (Å²) in [4.78, 5) is 25.1. The van der Waals surface area contributed by atoms with Crippen molar-refractivity contribution in [2.45, 2.75) is 294 Å². The summed E-state index contributed by atoms with van der Waals surface area (Å²) in [7, 11) is 0. The molecule has 1 rings (SSSR count). The van der Waals surface area contributed by atoms with Crippen molar-refractivity contribution in [1.82, 2.24) is 5.32 Å². The molecule has 1 aliphatic heterocycles. The third-order valence-corrected chi connectivity index (χ3v) is 13.4. The minimum atomic E-state index is -1.58. The number of aliphatic hydroxyl groups excluding tert-OH is 5. The second kappa shape index (κ2) is 48.9. The van der Waals surface area contributed by atoms with Crippen molar-refractivity contribution in [1.29, 1.82) is 0 Å². The molecule has 0 aromatic heterocycles. The zero-order valence-corrected chi connectivity index (χ0v) is 44.7. The van der Waals surface area contributed by atoms with Gasteiger partial charge in [-0.05, 0) is 89.9 Å². The number of carbonyl (C=O) groups is 2. The van der Waals surface area contributed by atoms with Crippen molar-refractivity contribution in [3.63, 3.8) is 0 Å². The summed E-state index contributed by atoms with van der Waals surface area (Å²) in [5.74, 6) is -0.252. The SMILES string of the molecule is CCCCCCCCC/C=C\CCCCCCCCCC(=O)OCCCCC/C=C\C=C/CCCCCCCCC(=O)NC(COC1OC(CO)C(O)C(O)C1O)C(O)/C=C/CCCCCCCCC. The van der Waals surface area contributed by atoms with E-state index in [2.05, 4.69) is 55.6 Å². The minimum absolute atomic E-state index is 0.0446.